The van der Waals surface area contributed by atoms with Crippen molar-refractivity contribution in [2.75, 3.05) is 12.4 Å². The Hall–Kier alpha value is -2.10. The molecule has 2 aromatic rings. The Balaban J connectivity index is 1.65. The van der Waals surface area contributed by atoms with Gasteiger partial charge in [0.05, 0.1) is 18.1 Å². The minimum Gasteiger partial charge on any atom is -0.487 e. The maximum Gasteiger partial charge on any atom is 0.144 e. The van der Waals surface area contributed by atoms with Gasteiger partial charge in [0.15, 0.2) is 0 Å². The molecule has 4 heteroatoms. The molecule has 0 saturated carbocycles. The number of fused-ring (bicyclic) bond motifs is 1. The van der Waals surface area contributed by atoms with Gasteiger partial charge in [0.1, 0.15) is 18.2 Å². The molecule has 1 aromatic carbocycles. The molecule has 4 nitrogen and oxygen atoms in total. The number of anilines is 1. The summed E-state index contributed by atoms with van der Waals surface area (Å²) in [5.41, 5.74) is 3.72. The minimum atomic E-state index is 0.454. The number of aromatic nitrogens is 2. The molecule has 1 aromatic heterocycles. The number of nitrogens with one attached hydrogen (secondary N) is 1. The molecule has 0 bridgehead atoms. The van der Waals surface area contributed by atoms with Gasteiger partial charge in [0.2, 0.25) is 0 Å². The summed E-state index contributed by atoms with van der Waals surface area (Å²) >= 11 is 0. The van der Waals surface area contributed by atoms with Crippen molar-refractivity contribution < 1.29 is 4.74 Å². The SMILES string of the molecule is CNc1cnc(COc2ccc3c(c2)CCC3)cn1. The normalized spacial score (nSPS) is 13.1. The maximum atomic E-state index is 5.77. The van der Waals surface area contributed by atoms with E-state index in [1.165, 1.54) is 30.4 Å². The van der Waals surface area contributed by atoms with Crippen LogP contribution in [0.5, 0.6) is 5.75 Å². The quantitative estimate of drug-likeness (QED) is 0.912. The van der Waals surface area contributed by atoms with Crippen LogP contribution in [0.25, 0.3) is 0 Å². The zero-order valence-electron chi connectivity index (χ0n) is 11.0. The van der Waals surface area contributed by atoms with Crippen molar-refractivity contribution in [3.05, 3.63) is 47.4 Å². The Labute approximate surface area is 112 Å². The molecule has 0 spiro atoms. The molecule has 0 unspecified atom stereocenters. The Morgan fingerprint density at radius 3 is 2.84 bits per heavy atom. The van der Waals surface area contributed by atoms with Crippen molar-refractivity contribution in [1.29, 1.82) is 0 Å². The second-order valence-electron chi connectivity index (χ2n) is 4.72. The highest BCUT2D eigenvalue weighted by Crippen LogP contribution is 2.26. The second-order valence-corrected chi connectivity index (χ2v) is 4.72. The third kappa shape index (κ3) is 2.67. The van der Waals surface area contributed by atoms with Crippen LogP contribution in [0.1, 0.15) is 23.2 Å². The van der Waals surface area contributed by atoms with Gasteiger partial charge < -0.3 is 10.1 Å². The topological polar surface area (TPSA) is 47.0 Å². The lowest BCUT2D eigenvalue weighted by Gasteiger charge is -2.08. The summed E-state index contributed by atoms with van der Waals surface area (Å²) < 4.78 is 5.77. The fourth-order valence-corrected chi connectivity index (χ4v) is 2.35. The fourth-order valence-electron chi connectivity index (χ4n) is 2.35. The van der Waals surface area contributed by atoms with Crippen molar-refractivity contribution in [3.8, 4) is 5.75 Å². The minimum absolute atomic E-state index is 0.454. The van der Waals surface area contributed by atoms with Gasteiger partial charge in [-0.1, -0.05) is 6.07 Å². The highest BCUT2D eigenvalue weighted by Gasteiger charge is 2.11. The summed E-state index contributed by atoms with van der Waals surface area (Å²) in [5, 5.41) is 2.94. The van der Waals surface area contributed by atoms with Gasteiger partial charge in [-0.05, 0) is 42.5 Å². The first-order chi connectivity index (χ1) is 9.35. The van der Waals surface area contributed by atoms with E-state index >= 15 is 0 Å². The number of benzene rings is 1. The van der Waals surface area contributed by atoms with Gasteiger partial charge >= 0.3 is 0 Å². The molecule has 1 aliphatic rings. The summed E-state index contributed by atoms with van der Waals surface area (Å²) in [4.78, 5) is 8.50. The number of hydrogen-bond donors (Lipinski definition) is 1. The molecular weight excluding hydrogens is 238 g/mol. The van der Waals surface area contributed by atoms with Crippen LogP contribution in [0.2, 0.25) is 0 Å². The number of nitrogens with zero attached hydrogens (tertiary/aromatic N) is 2. The van der Waals surface area contributed by atoms with E-state index in [0.717, 1.165) is 17.3 Å². The Bertz CT molecular complexity index is 566. The van der Waals surface area contributed by atoms with Crippen LogP contribution >= 0.6 is 0 Å². The first kappa shape index (κ1) is 12.0. The molecule has 98 valence electrons. The second kappa shape index (κ2) is 5.26. The Morgan fingerprint density at radius 2 is 2.05 bits per heavy atom. The lowest BCUT2D eigenvalue weighted by Crippen LogP contribution is -2.01. The van der Waals surface area contributed by atoms with E-state index in [1.54, 1.807) is 12.4 Å². The third-order valence-electron chi connectivity index (χ3n) is 3.42. The summed E-state index contributed by atoms with van der Waals surface area (Å²) in [6.07, 6.45) is 7.08. The highest BCUT2D eigenvalue weighted by molar-refractivity contribution is 5.38. The van der Waals surface area contributed by atoms with Crippen LogP contribution in [0.3, 0.4) is 0 Å². The zero-order chi connectivity index (χ0) is 13.1. The monoisotopic (exact) mass is 255 g/mol. The molecule has 19 heavy (non-hydrogen) atoms. The number of rotatable bonds is 4. The lowest BCUT2D eigenvalue weighted by molar-refractivity contribution is 0.300. The number of hydrogen-bond acceptors (Lipinski definition) is 4. The van der Waals surface area contributed by atoms with Crippen LogP contribution in [0.4, 0.5) is 5.82 Å². The van der Waals surface area contributed by atoms with Gasteiger partial charge in [-0.3, -0.25) is 4.98 Å². The molecular formula is C15H17N3O. The van der Waals surface area contributed by atoms with E-state index in [2.05, 4.69) is 27.4 Å². The van der Waals surface area contributed by atoms with E-state index in [9.17, 15) is 0 Å². The van der Waals surface area contributed by atoms with Crippen molar-refractivity contribution >= 4 is 5.82 Å². The molecule has 0 aliphatic heterocycles. The van der Waals surface area contributed by atoms with Crippen LogP contribution in [-0.2, 0) is 19.4 Å². The van der Waals surface area contributed by atoms with Crippen molar-refractivity contribution in [2.45, 2.75) is 25.9 Å². The van der Waals surface area contributed by atoms with Crippen molar-refractivity contribution in [1.82, 2.24) is 9.97 Å². The molecule has 0 amide bonds. The van der Waals surface area contributed by atoms with Gasteiger partial charge in [-0.15, -0.1) is 0 Å². The summed E-state index contributed by atoms with van der Waals surface area (Å²) in [6, 6.07) is 6.37. The van der Waals surface area contributed by atoms with Gasteiger partial charge in [-0.25, -0.2) is 4.98 Å². The predicted octanol–water partition coefficient (Wildman–Crippen LogP) is 2.59. The molecule has 0 saturated heterocycles. The Morgan fingerprint density at radius 1 is 1.16 bits per heavy atom. The smallest absolute Gasteiger partial charge is 0.144 e. The standard InChI is InChI=1S/C15H17N3O/c1-16-15-9-17-13(8-18-15)10-19-14-6-5-11-3-2-4-12(11)7-14/h5-9H,2-4,10H2,1H3,(H,16,18). The maximum absolute atomic E-state index is 5.77. The molecule has 1 heterocycles. The molecule has 0 fully saturated rings. The summed E-state index contributed by atoms with van der Waals surface area (Å²) in [5.74, 6) is 1.68. The molecule has 0 atom stereocenters. The van der Waals surface area contributed by atoms with E-state index in [4.69, 9.17) is 4.74 Å². The average Bonchev–Trinajstić information content (AvgIpc) is 2.93. The molecule has 1 N–H and O–H groups in total. The molecule has 3 rings (SSSR count). The number of ether oxygens (including phenoxy) is 1. The summed E-state index contributed by atoms with van der Waals surface area (Å²) in [6.45, 7) is 0.454. The third-order valence-corrected chi connectivity index (χ3v) is 3.42. The highest BCUT2D eigenvalue weighted by atomic mass is 16.5. The lowest BCUT2D eigenvalue weighted by atomic mass is 10.1. The van der Waals surface area contributed by atoms with Crippen LogP contribution in [-0.4, -0.2) is 17.0 Å². The first-order valence-electron chi connectivity index (χ1n) is 6.58. The fraction of sp³-hybridized carbons (Fsp3) is 0.333. The van der Waals surface area contributed by atoms with Gasteiger partial charge in [-0.2, -0.15) is 0 Å². The van der Waals surface area contributed by atoms with Crippen LogP contribution < -0.4 is 10.1 Å². The van der Waals surface area contributed by atoms with Gasteiger partial charge in [0.25, 0.3) is 0 Å². The van der Waals surface area contributed by atoms with Crippen molar-refractivity contribution in [3.63, 3.8) is 0 Å². The van der Waals surface area contributed by atoms with Crippen LogP contribution in [0.15, 0.2) is 30.6 Å². The largest absolute Gasteiger partial charge is 0.487 e. The summed E-state index contributed by atoms with van der Waals surface area (Å²) in [7, 11) is 1.82. The average molecular weight is 255 g/mol. The van der Waals surface area contributed by atoms with Gasteiger partial charge in [0, 0.05) is 7.05 Å². The number of aryl methyl sites for hydroxylation is 2. The van der Waals surface area contributed by atoms with Crippen LogP contribution in [0, 0.1) is 0 Å². The van der Waals surface area contributed by atoms with E-state index in [0.29, 0.717) is 6.61 Å². The zero-order valence-corrected chi connectivity index (χ0v) is 11.0. The first-order valence-corrected chi connectivity index (χ1v) is 6.58. The van der Waals surface area contributed by atoms with E-state index in [-0.39, 0.29) is 0 Å². The van der Waals surface area contributed by atoms with E-state index < -0.39 is 0 Å². The molecule has 1 aliphatic carbocycles. The molecule has 0 radical (unpaired) electrons. The Kier molecular flexibility index (Phi) is 3.31. The van der Waals surface area contributed by atoms with Crippen molar-refractivity contribution in [2.24, 2.45) is 0 Å². The predicted molar refractivity (Wildman–Crippen MR) is 74.4 cm³/mol. The van der Waals surface area contributed by atoms with E-state index in [1.807, 2.05) is 13.1 Å².